The molecule has 2 atom stereocenters. The van der Waals surface area contributed by atoms with Gasteiger partial charge >= 0.3 is 0 Å². The molecule has 2 heterocycles. The monoisotopic (exact) mass is 261 g/mol. The van der Waals surface area contributed by atoms with Crippen LogP contribution in [0.4, 0.5) is 0 Å². The number of rotatable bonds is 1. The van der Waals surface area contributed by atoms with Crippen LogP contribution in [0.5, 0.6) is 0 Å². The van der Waals surface area contributed by atoms with Gasteiger partial charge in [0.1, 0.15) is 0 Å². The largest absolute Gasteiger partial charge is 0.347 e. The molecule has 2 saturated heterocycles. The second-order valence-corrected chi connectivity index (χ2v) is 8.69. The van der Waals surface area contributed by atoms with Gasteiger partial charge in [-0.3, -0.25) is 0 Å². The molecule has 0 bridgehead atoms. The highest BCUT2D eigenvalue weighted by Crippen LogP contribution is 2.53. The van der Waals surface area contributed by atoms with Crippen LogP contribution in [0.25, 0.3) is 0 Å². The van der Waals surface area contributed by atoms with E-state index in [9.17, 15) is 8.42 Å². The Bertz CT molecular complexity index is 419. The van der Waals surface area contributed by atoms with E-state index in [-0.39, 0.29) is 12.1 Å². The van der Waals surface area contributed by atoms with E-state index in [0.717, 1.165) is 0 Å². The zero-order valence-electron chi connectivity index (χ0n) is 10.5. The van der Waals surface area contributed by atoms with E-state index in [4.69, 9.17) is 9.47 Å². The maximum absolute atomic E-state index is 12.3. The number of ether oxygens (including phenoxy) is 2. The maximum atomic E-state index is 12.3. The average molecular weight is 261 g/mol. The summed E-state index contributed by atoms with van der Waals surface area (Å²) in [4.78, 5) is 0. The van der Waals surface area contributed by atoms with Gasteiger partial charge in [0.2, 0.25) is 10.0 Å². The molecular weight excluding hydrogens is 242 g/mol. The Morgan fingerprint density at radius 3 is 2.00 bits per heavy atom. The van der Waals surface area contributed by atoms with Crippen molar-refractivity contribution < 1.29 is 17.9 Å². The Labute approximate surface area is 102 Å². The van der Waals surface area contributed by atoms with Crippen LogP contribution in [0.15, 0.2) is 0 Å². The maximum Gasteiger partial charge on any atom is 0.219 e. The summed E-state index contributed by atoms with van der Waals surface area (Å²) in [6, 6.07) is 0.189. The van der Waals surface area contributed by atoms with Gasteiger partial charge in [-0.15, -0.1) is 0 Å². The van der Waals surface area contributed by atoms with Crippen LogP contribution in [-0.2, 0) is 19.5 Å². The van der Waals surface area contributed by atoms with Crippen molar-refractivity contribution in [2.45, 2.75) is 56.2 Å². The van der Waals surface area contributed by atoms with Gasteiger partial charge in [-0.2, -0.15) is 4.31 Å². The molecule has 0 radical (unpaired) electrons. The number of sulfonamides is 1. The minimum Gasteiger partial charge on any atom is -0.347 e. The molecule has 2 unspecified atom stereocenters. The lowest BCUT2D eigenvalue weighted by Gasteiger charge is -2.28. The van der Waals surface area contributed by atoms with Gasteiger partial charge in [0.15, 0.2) is 5.79 Å². The van der Waals surface area contributed by atoms with E-state index >= 15 is 0 Å². The fourth-order valence-electron chi connectivity index (χ4n) is 2.89. The van der Waals surface area contributed by atoms with E-state index in [0.29, 0.717) is 26.1 Å². The fraction of sp³-hybridized carbons (Fsp3) is 1.00. The highest BCUT2D eigenvalue weighted by molar-refractivity contribution is 7.90. The molecule has 2 aliphatic heterocycles. The Morgan fingerprint density at radius 1 is 1.12 bits per heavy atom. The van der Waals surface area contributed by atoms with Gasteiger partial charge in [0, 0.05) is 24.9 Å². The summed E-state index contributed by atoms with van der Waals surface area (Å²) in [6.45, 7) is 6.50. The highest BCUT2D eigenvalue weighted by atomic mass is 32.2. The predicted octanol–water partition coefficient (Wildman–Crippen LogP) is 0.704. The van der Waals surface area contributed by atoms with Crippen molar-refractivity contribution >= 4 is 10.0 Å². The quantitative estimate of drug-likeness (QED) is 0.652. The molecule has 1 saturated carbocycles. The van der Waals surface area contributed by atoms with Gasteiger partial charge in [-0.25, -0.2) is 8.42 Å². The molecule has 0 aromatic rings. The van der Waals surface area contributed by atoms with Crippen LogP contribution < -0.4 is 0 Å². The van der Waals surface area contributed by atoms with Gasteiger partial charge in [-0.05, 0) is 20.8 Å². The summed E-state index contributed by atoms with van der Waals surface area (Å²) in [7, 11) is -3.19. The van der Waals surface area contributed by atoms with E-state index in [2.05, 4.69) is 0 Å². The van der Waals surface area contributed by atoms with Crippen molar-refractivity contribution in [3.8, 4) is 0 Å². The van der Waals surface area contributed by atoms with Crippen molar-refractivity contribution in [3.63, 3.8) is 0 Å². The van der Waals surface area contributed by atoms with Gasteiger partial charge < -0.3 is 9.47 Å². The third-order valence-electron chi connectivity index (χ3n) is 3.91. The first-order valence-corrected chi connectivity index (χ1v) is 7.52. The molecule has 0 aromatic carbocycles. The average Bonchev–Trinajstić information content (AvgIpc) is 2.61. The normalized spacial score (nSPS) is 39.6. The number of fused-ring (bicyclic) bond motifs is 1. The summed E-state index contributed by atoms with van der Waals surface area (Å²) < 4.78 is 36.7. The molecule has 98 valence electrons. The third kappa shape index (κ3) is 1.58. The van der Waals surface area contributed by atoms with Gasteiger partial charge in [-0.1, -0.05) is 0 Å². The van der Waals surface area contributed by atoms with Crippen LogP contribution in [0.1, 0.15) is 33.6 Å². The molecule has 5 nitrogen and oxygen atoms in total. The second-order valence-electron chi connectivity index (χ2n) is 6.10. The number of nitrogens with zero attached hydrogens (tertiary/aromatic N) is 1. The molecule has 0 N–H and O–H groups in total. The minimum atomic E-state index is -3.19. The van der Waals surface area contributed by atoms with Crippen LogP contribution in [-0.4, -0.2) is 48.6 Å². The van der Waals surface area contributed by atoms with Crippen LogP contribution in [0.3, 0.4) is 0 Å². The van der Waals surface area contributed by atoms with Crippen LogP contribution in [0, 0.1) is 0 Å². The predicted molar refractivity (Wildman–Crippen MR) is 62.0 cm³/mol. The number of piperidine rings is 1. The Morgan fingerprint density at radius 2 is 1.59 bits per heavy atom. The van der Waals surface area contributed by atoms with Crippen LogP contribution >= 0.6 is 0 Å². The molecule has 3 aliphatic rings. The Hall–Kier alpha value is -0.170. The summed E-state index contributed by atoms with van der Waals surface area (Å²) >= 11 is 0. The topological polar surface area (TPSA) is 55.6 Å². The standard InChI is InChI=1S/C11H19NO4S/c1-10(2,3)17(13,14)12-8-6-11(7-9(8)12)15-4-5-16-11/h8-9H,4-7H2,1-3H3. The molecule has 1 aliphatic carbocycles. The van der Waals surface area contributed by atoms with Crippen molar-refractivity contribution in [2.75, 3.05) is 13.2 Å². The molecule has 0 aromatic heterocycles. The molecule has 0 amide bonds. The van der Waals surface area contributed by atoms with Crippen LogP contribution in [0.2, 0.25) is 0 Å². The first-order valence-electron chi connectivity index (χ1n) is 6.08. The summed E-state index contributed by atoms with van der Waals surface area (Å²) in [5.74, 6) is -0.473. The number of hydrogen-bond donors (Lipinski definition) is 0. The van der Waals surface area contributed by atoms with Gasteiger partial charge in [0.25, 0.3) is 0 Å². The smallest absolute Gasteiger partial charge is 0.219 e. The van der Waals surface area contributed by atoms with Crippen molar-refractivity contribution in [3.05, 3.63) is 0 Å². The Balaban J connectivity index is 1.74. The summed E-state index contributed by atoms with van der Waals surface area (Å²) in [6.07, 6.45) is 1.37. The lowest BCUT2D eigenvalue weighted by molar-refractivity contribution is -0.158. The van der Waals surface area contributed by atoms with Crippen molar-refractivity contribution in [2.24, 2.45) is 0 Å². The zero-order valence-corrected chi connectivity index (χ0v) is 11.3. The molecule has 3 rings (SSSR count). The summed E-state index contributed by atoms with van der Waals surface area (Å²) in [5, 5.41) is 0. The Kier molecular flexibility index (Phi) is 2.26. The van der Waals surface area contributed by atoms with Gasteiger partial charge in [0.05, 0.1) is 18.0 Å². The van der Waals surface area contributed by atoms with Crippen molar-refractivity contribution in [1.29, 1.82) is 0 Å². The first-order chi connectivity index (χ1) is 7.77. The lowest BCUT2D eigenvalue weighted by atomic mass is 10.2. The second kappa shape index (κ2) is 3.23. The fourth-order valence-corrected chi connectivity index (χ4v) is 4.61. The summed E-state index contributed by atoms with van der Waals surface area (Å²) in [5.41, 5.74) is 0. The molecular formula is C11H19NO4S. The molecule has 1 spiro atoms. The highest BCUT2D eigenvalue weighted by Gasteiger charge is 2.68. The zero-order chi connectivity index (χ0) is 12.5. The van der Waals surface area contributed by atoms with E-state index < -0.39 is 20.6 Å². The van der Waals surface area contributed by atoms with Crippen molar-refractivity contribution in [1.82, 2.24) is 4.31 Å². The lowest BCUT2D eigenvalue weighted by Crippen LogP contribution is -2.39. The van der Waals surface area contributed by atoms with E-state index in [1.54, 1.807) is 25.1 Å². The third-order valence-corrected chi connectivity index (χ3v) is 6.56. The molecule has 6 heteroatoms. The van der Waals surface area contributed by atoms with E-state index in [1.807, 2.05) is 0 Å². The SMILES string of the molecule is CC(C)(C)S(=O)(=O)N1C2CC3(CC21)OCCO3. The van der Waals surface area contributed by atoms with E-state index in [1.165, 1.54) is 0 Å². The minimum absolute atomic E-state index is 0.0947. The number of hydrogen-bond acceptors (Lipinski definition) is 4. The first kappa shape index (κ1) is 11.9. The molecule has 3 fully saturated rings. The molecule has 17 heavy (non-hydrogen) atoms.